The lowest BCUT2D eigenvalue weighted by molar-refractivity contribution is -0.119. The van der Waals surface area contributed by atoms with Gasteiger partial charge < -0.3 is 5.32 Å². The van der Waals surface area contributed by atoms with Gasteiger partial charge in [-0.05, 0) is 23.5 Å². The lowest BCUT2D eigenvalue weighted by Crippen LogP contribution is -2.37. The quantitative estimate of drug-likeness (QED) is 0.869. The van der Waals surface area contributed by atoms with Crippen molar-refractivity contribution in [3.8, 4) is 0 Å². The molecule has 2 unspecified atom stereocenters. The number of carbonyl (C=O) groups is 1. The molecule has 2 nitrogen and oxygen atoms in total. The largest absolute Gasteiger partial charge is 0.352 e. The second kappa shape index (κ2) is 4.75. The molecule has 2 rings (SSSR count). The molecule has 1 aromatic rings. The summed E-state index contributed by atoms with van der Waals surface area (Å²) in [5.74, 6) is 0.731. The molecule has 1 aromatic carbocycles. The average molecular weight is 245 g/mol. The summed E-state index contributed by atoms with van der Waals surface area (Å²) in [7, 11) is 0. The first-order valence-corrected chi connectivity index (χ1v) is 6.87. The number of hydrogen-bond donors (Lipinski definition) is 1. The molecule has 0 spiro atoms. The Kier molecular flexibility index (Phi) is 3.47. The van der Waals surface area contributed by atoms with Gasteiger partial charge in [-0.1, -0.05) is 52.0 Å². The molecule has 1 amide bonds. The van der Waals surface area contributed by atoms with Gasteiger partial charge in [0.2, 0.25) is 5.91 Å². The number of nitrogens with one attached hydrogen (secondary N) is 1. The van der Waals surface area contributed by atoms with Crippen molar-refractivity contribution < 1.29 is 4.79 Å². The molecular formula is C16H23NO. The molecule has 1 saturated heterocycles. The molecule has 0 aliphatic carbocycles. The van der Waals surface area contributed by atoms with Crippen molar-refractivity contribution in [1.29, 1.82) is 0 Å². The van der Waals surface area contributed by atoms with Gasteiger partial charge in [0, 0.05) is 17.9 Å². The highest BCUT2D eigenvalue weighted by Crippen LogP contribution is 2.37. The van der Waals surface area contributed by atoms with E-state index in [1.165, 1.54) is 11.1 Å². The summed E-state index contributed by atoms with van der Waals surface area (Å²) < 4.78 is 0. The zero-order valence-corrected chi connectivity index (χ0v) is 11.8. The summed E-state index contributed by atoms with van der Waals surface area (Å²) in [6, 6.07) is 9.04. The highest BCUT2D eigenvalue weighted by Gasteiger charge is 2.43. The van der Waals surface area contributed by atoms with Crippen LogP contribution in [0.2, 0.25) is 0 Å². The fourth-order valence-electron chi connectivity index (χ4n) is 2.97. The van der Waals surface area contributed by atoms with Crippen LogP contribution in [-0.2, 0) is 10.2 Å². The normalized spacial score (nSPS) is 27.6. The highest BCUT2D eigenvalue weighted by molar-refractivity contribution is 5.81. The summed E-state index contributed by atoms with van der Waals surface area (Å²) >= 11 is 0. The van der Waals surface area contributed by atoms with Crippen LogP contribution in [0.25, 0.3) is 0 Å². The Balaban J connectivity index is 2.32. The Morgan fingerprint density at radius 1 is 1.33 bits per heavy atom. The molecule has 18 heavy (non-hydrogen) atoms. The minimum Gasteiger partial charge on any atom is -0.352 e. The first-order chi connectivity index (χ1) is 8.47. The maximum atomic E-state index is 11.7. The van der Waals surface area contributed by atoms with Crippen LogP contribution in [0.1, 0.15) is 57.6 Å². The first-order valence-electron chi connectivity index (χ1n) is 6.87. The van der Waals surface area contributed by atoms with Crippen LogP contribution in [0, 0.1) is 0 Å². The lowest BCUT2D eigenvalue weighted by atomic mass is 9.75. The molecule has 1 N–H and O–H groups in total. The van der Waals surface area contributed by atoms with Gasteiger partial charge >= 0.3 is 0 Å². The number of carbonyl (C=O) groups excluding carboxylic acids is 1. The van der Waals surface area contributed by atoms with Crippen LogP contribution in [0.3, 0.4) is 0 Å². The minimum absolute atomic E-state index is 0.0542. The van der Waals surface area contributed by atoms with E-state index in [0.29, 0.717) is 12.3 Å². The van der Waals surface area contributed by atoms with Gasteiger partial charge in [0.25, 0.3) is 0 Å². The van der Waals surface area contributed by atoms with Crippen LogP contribution < -0.4 is 5.32 Å². The van der Waals surface area contributed by atoms with Crippen LogP contribution in [0.5, 0.6) is 0 Å². The maximum Gasteiger partial charge on any atom is 0.221 e. The van der Waals surface area contributed by atoms with Crippen LogP contribution >= 0.6 is 0 Å². The van der Waals surface area contributed by atoms with Crippen molar-refractivity contribution in [2.75, 3.05) is 0 Å². The van der Waals surface area contributed by atoms with Crippen molar-refractivity contribution in [2.45, 2.75) is 57.9 Å². The average Bonchev–Trinajstić information content (AvgIpc) is 2.65. The molecule has 1 aliphatic heterocycles. The second-order valence-corrected chi connectivity index (χ2v) is 5.90. The van der Waals surface area contributed by atoms with Crippen molar-refractivity contribution in [3.63, 3.8) is 0 Å². The summed E-state index contributed by atoms with van der Waals surface area (Å²) in [4.78, 5) is 11.7. The van der Waals surface area contributed by atoms with E-state index in [0.717, 1.165) is 6.42 Å². The number of benzene rings is 1. The van der Waals surface area contributed by atoms with E-state index in [1.807, 2.05) is 0 Å². The van der Waals surface area contributed by atoms with Crippen LogP contribution in [0.4, 0.5) is 0 Å². The third-order valence-corrected chi connectivity index (χ3v) is 4.28. The standard InChI is InChI=1S/C16H23NO/c1-5-14-16(4,10-15(18)17-14)13-8-6-12(7-9-13)11(2)3/h6-9,11,14H,5,10H2,1-4H3,(H,17,18). The topological polar surface area (TPSA) is 29.1 Å². The van der Waals surface area contributed by atoms with E-state index in [4.69, 9.17) is 0 Å². The molecule has 0 radical (unpaired) electrons. The summed E-state index contributed by atoms with van der Waals surface area (Å²) in [6.45, 7) is 8.74. The SMILES string of the molecule is CCC1NC(=O)CC1(C)c1ccc(C(C)C)cc1. The number of hydrogen-bond acceptors (Lipinski definition) is 1. The van der Waals surface area contributed by atoms with Gasteiger partial charge in [0.1, 0.15) is 0 Å². The molecule has 2 atom stereocenters. The molecule has 1 heterocycles. The highest BCUT2D eigenvalue weighted by atomic mass is 16.2. The van der Waals surface area contributed by atoms with E-state index in [2.05, 4.69) is 57.3 Å². The Morgan fingerprint density at radius 2 is 1.94 bits per heavy atom. The van der Waals surface area contributed by atoms with Crippen LogP contribution in [-0.4, -0.2) is 11.9 Å². The molecule has 2 heteroatoms. The van der Waals surface area contributed by atoms with Gasteiger partial charge in [0.15, 0.2) is 0 Å². The predicted molar refractivity (Wildman–Crippen MR) is 74.7 cm³/mol. The number of rotatable bonds is 3. The summed E-state index contributed by atoms with van der Waals surface area (Å²) in [5.41, 5.74) is 2.58. The lowest BCUT2D eigenvalue weighted by Gasteiger charge is -2.30. The van der Waals surface area contributed by atoms with Crippen molar-refractivity contribution in [3.05, 3.63) is 35.4 Å². The van der Waals surface area contributed by atoms with Gasteiger partial charge in [-0.15, -0.1) is 0 Å². The second-order valence-electron chi connectivity index (χ2n) is 5.90. The molecule has 98 valence electrons. The van der Waals surface area contributed by atoms with Crippen molar-refractivity contribution in [2.24, 2.45) is 0 Å². The van der Waals surface area contributed by atoms with Crippen LogP contribution in [0.15, 0.2) is 24.3 Å². The third-order valence-electron chi connectivity index (χ3n) is 4.28. The van der Waals surface area contributed by atoms with E-state index < -0.39 is 0 Å². The summed E-state index contributed by atoms with van der Waals surface area (Å²) in [5, 5.41) is 3.09. The van der Waals surface area contributed by atoms with Gasteiger partial charge in [0.05, 0.1) is 0 Å². The Bertz CT molecular complexity index is 435. The fraction of sp³-hybridized carbons (Fsp3) is 0.562. The zero-order valence-electron chi connectivity index (χ0n) is 11.8. The smallest absolute Gasteiger partial charge is 0.221 e. The molecular weight excluding hydrogens is 222 g/mol. The predicted octanol–water partition coefficient (Wildman–Crippen LogP) is 3.37. The van der Waals surface area contributed by atoms with E-state index >= 15 is 0 Å². The Labute approximate surface area is 110 Å². The Morgan fingerprint density at radius 3 is 2.44 bits per heavy atom. The van der Waals surface area contributed by atoms with E-state index in [9.17, 15) is 4.79 Å². The summed E-state index contributed by atoms with van der Waals surface area (Å²) in [6.07, 6.45) is 1.58. The Hall–Kier alpha value is -1.31. The molecule has 0 saturated carbocycles. The third kappa shape index (κ3) is 2.16. The van der Waals surface area contributed by atoms with Gasteiger partial charge in [-0.25, -0.2) is 0 Å². The molecule has 1 fully saturated rings. The maximum absolute atomic E-state index is 11.7. The fourth-order valence-corrected chi connectivity index (χ4v) is 2.97. The monoisotopic (exact) mass is 245 g/mol. The first kappa shape index (κ1) is 13.1. The number of amides is 1. The van der Waals surface area contributed by atoms with Crippen molar-refractivity contribution >= 4 is 5.91 Å². The minimum atomic E-state index is -0.0542. The van der Waals surface area contributed by atoms with E-state index in [1.54, 1.807) is 0 Å². The van der Waals surface area contributed by atoms with Gasteiger partial charge in [-0.3, -0.25) is 4.79 Å². The van der Waals surface area contributed by atoms with Gasteiger partial charge in [-0.2, -0.15) is 0 Å². The molecule has 1 aliphatic rings. The van der Waals surface area contributed by atoms with E-state index in [-0.39, 0.29) is 17.4 Å². The van der Waals surface area contributed by atoms with Crippen molar-refractivity contribution in [1.82, 2.24) is 5.32 Å². The molecule has 0 bridgehead atoms. The molecule has 0 aromatic heterocycles. The zero-order chi connectivity index (χ0) is 13.3.